The number of aryl methyl sites for hydroxylation is 2. The summed E-state index contributed by atoms with van der Waals surface area (Å²) in [5, 5.41) is 9.02. The third-order valence-electron chi connectivity index (χ3n) is 7.23. The molecule has 162 valence electrons. The zero-order valence-corrected chi connectivity index (χ0v) is 18.5. The Hall–Kier alpha value is -2.21. The molecule has 0 unspecified atom stereocenters. The highest BCUT2D eigenvalue weighted by Crippen LogP contribution is 2.44. The summed E-state index contributed by atoms with van der Waals surface area (Å²) < 4.78 is 15.9. The van der Waals surface area contributed by atoms with Crippen molar-refractivity contribution in [3.63, 3.8) is 0 Å². The molecule has 3 aromatic rings. The number of hydrogen-bond donors (Lipinski definition) is 1. The molecule has 4 rings (SSSR count). The number of H-pyrrole nitrogens is 1. The van der Waals surface area contributed by atoms with Crippen molar-refractivity contribution in [2.75, 3.05) is 14.1 Å². The summed E-state index contributed by atoms with van der Waals surface area (Å²) >= 11 is 0. The van der Waals surface area contributed by atoms with Crippen LogP contribution in [0.25, 0.3) is 10.9 Å². The van der Waals surface area contributed by atoms with Gasteiger partial charge in [-0.15, -0.1) is 5.10 Å². The fourth-order valence-electron chi connectivity index (χ4n) is 5.31. The van der Waals surface area contributed by atoms with E-state index >= 15 is 0 Å². The summed E-state index contributed by atoms with van der Waals surface area (Å²) in [6, 6.07) is 5.11. The van der Waals surface area contributed by atoms with E-state index < -0.39 is 0 Å². The largest absolute Gasteiger partial charge is 0.358 e. The fourth-order valence-corrected chi connectivity index (χ4v) is 5.31. The predicted octanol–water partition coefficient (Wildman–Crippen LogP) is 5.29. The Morgan fingerprint density at radius 2 is 2.07 bits per heavy atom. The quantitative estimate of drug-likeness (QED) is 0.548. The third kappa shape index (κ3) is 4.15. The average Bonchev–Trinajstić information content (AvgIpc) is 3.38. The zero-order valence-electron chi connectivity index (χ0n) is 18.5. The molecule has 0 spiro atoms. The molecule has 0 radical (unpaired) electrons. The van der Waals surface area contributed by atoms with E-state index in [1.807, 2.05) is 16.9 Å². The lowest BCUT2D eigenvalue weighted by atomic mass is 9.72. The molecule has 1 aliphatic rings. The lowest BCUT2D eigenvalue weighted by Gasteiger charge is -2.45. The maximum Gasteiger partial charge on any atom is 0.123 e. The molecule has 5 nitrogen and oxygen atoms in total. The second-order valence-electron chi connectivity index (χ2n) is 9.12. The number of nitrogens with one attached hydrogen (secondary N) is 1. The van der Waals surface area contributed by atoms with Gasteiger partial charge >= 0.3 is 0 Å². The minimum absolute atomic E-state index is 0.176. The number of halogens is 1. The molecular formula is C24H34FN5. The predicted molar refractivity (Wildman–Crippen MR) is 119 cm³/mol. The first kappa shape index (κ1) is 21.0. The van der Waals surface area contributed by atoms with Crippen LogP contribution in [0.4, 0.5) is 4.39 Å². The van der Waals surface area contributed by atoms with Gasteiger partial charge < -0.3 is 9.88 Å². The summed E-state index contributed by atoms with van der Waals surface area (Å²) in [6.45, 7) is 3.03. The standard InChI is InChI=1S/C24H34FN5/c1-4-5-11-24(29(2)3)12-8-18(9-13-24)23-20(10-15-30-16-14-26-28-30)21-17-19(25)6-7-22(21)27-23/h6-7,14,16-18,27H,4-5,8-13,15H2,1-3H3. The van der Waals surface area contributed by atoms with Crippen LogP contribution >= 0.6 is 0 Å². The Morgan fingerprint density at radius 1 is 1.27 bits per heavy atom. The van der Waals surface area contributed by atoms with Crippen LogP contribution in [-0.2, 0) is 13.0 Å². The molecule has 1 fully saturated rings. The van der Waals surface area contributed by atoms with Gasteiger partial charge in [0, 0.05) is 34.9 Å². The molecule has 0 amide bonds. The first-order valence-corrected chi connectivity index (χ1v) is 11.3. The molecule has 2 heterocycles. The van der Waals surface area contributed by atoms with E-state index in [1.54, 1.807) is 18.3 Å². The monoisotopic (exact) mass is 411 g/mol. The van der Waals surface area contributed by atoms with Gasteiger partial charge in [0.25, 0.3) is 0 Å². The summed E-state index contributed by atoms with van der Waals surface area (Å²) in [5.41, 5.74) is 3.91. The smallest absolute Gasteiger partial charge is 0.123 e. The number of benzene rings is 1. The van der Waals surface area contributed by atoms with Gasteiger partial charge in [-0.05, 0) is 82.3 Å². The first-order chi connectivity index (χ1) is 14.5. The number of unbranched alkanes of at least 4 members (excludes halogenated alkanes) is 1. The molecule has 1 saturated carbocycles. The number of hydrogen-bond acceptors (Lipinski definition) is 3. The van der Waals surface area contributed by atoms with E-state index in [2.05, 4.69) is 41.2 Å². The number of aromatic amines is 1. The van der Waals surface area contributed by atoms with Crippen LogP contribution in [0.1, 0.15) is 69.0 Å². The summed E-state index contributed by atoms with van der Waals surface area (Å²) in [6.07, 6.45) is 13.0. The minimum atomic E-state index is -0.176. The highest BCUT2D eigenvalue weighted by Gasteiger charge is 2.38. The van der Waals surface area contributed by atoms with Gasteiger partial charge in [-0.3, -0.25) is 4.68 Å². The van der Waals surface area contributed by atoms with Crippen LogP contribution < -0.4 is 0 Å². The highest BCUT2D eigenvalue weighted by molar-refractivity contribution is 5.85. The van der Waals surface area contributed by atoms with Crippen LogP contribution in [0.2, 0.25) is 0 Å². The Balaban J connectivity index is 1.59. The highest BCUT2D eigenvalue weighted by atomic mass is 19.1. The van der Waals surface area contributed by atoms with Crippen molar-refractivity contribution in [1.29, 1.82) is 0 Å². The van der Waals surface area contributed by atoms with Gasteiger partial charge in [-0.2, -0.15) is 0 Å². The molecule has 0 saturated heterocycles. The Kier molecular flexibility index (Phi) is 6.23. The zero-order chi connectivity index (χ0) is 21.1. The normalized spacial score (nSPS) is 22.2. The first-order valence-electron chi connectivity index (χ1n) is 11.3. The van der Waals surface area contributed by atoms with E-state index in [4.69, 9.17) is 0 Å². The molecule has 2 aromatic heterocycles. The van der Waals surface area contributed by atoms with Crippen molar-refractivity contribution in [1.82, 2.24) is 24.9 Å². The molecule has 1 aromatic carbocycles. The molecule has 0 aliphatic heterocycles. The number of rotatable bonds is 8. The van der Waals surface area contributed by atoms with Crippen LogP contribution in [0.15, 0.2) is 30.6 Å². The van der Waals surface area contributed by atoms with Gasteiger partial charge in [-0.25, -0.2) is 4.39 Å². The van der Waals surface area contributed by atoms with Gasteiger partial charge in [-0.1, -0.05) is 25.0 Å². The number of nitrogens with zero attached hydrogens (tertiary/aromatic N) is 4. The minimum Gasteiger partial charge on any atom is -0.358 e. The molecule has 30 heavy (non-hydrogen) atoms. The van der Waals surface area contributed by atoms with Crippen molar-refractivity contribution < 1.29 is 4.39 Å². The number of fused-ring (bicyclic) bond motifs is 1. The van der Waals surface area contributed by atoms with Gasteiger partial charge in [0.2, 0.25) is 0 Å². The Bertz CT molecular complexity index is 952. The van der Waals surface area contributed by atoms with Crippen molar-refractivity contribution in [2.45, 2.75) is 76.3 Å². The maximum absolute atomic E-state index is 14.0. The lowest BCUT2D eigenvalue weighted by Crippen LogP contribution is -2.46. The van der Waals surface area contributed by atoms with E-state index in [9.17, 15) is 4.39 Å². The van der Waals surface area contributed by atoms with Crippen LogP contribution in [-0.4, -0.2) is 44.5 Å². The summed E-state index contributed by atoms with van der Waals surface area (Å²) in [4.78, 5) is 6.13. The topological polar surface area (TPSA) is 49.7 Å². The van der Waals surface area contributed by atoms with Crippen molar-refractivity contribution in [2.24, 2.45) is 0 Å². The summed E-state index contributed by atoms with van der Waals surface area (Å²) in [5.74, 6) is 0.325. The lowest BCUT2D eigenvalue weighted by molar-refractivity contribution is 0.0802. The second-order valence-corrected chi connectivity index (χ2v) is 9.12. The van der Waals surface area contributed by atoms with E-state index in [0.717, 1.165) is 23.9 Å². The van der Waals surface area contributed by atoms with Gasteiger partial charge in [0.1, 0.15) is 5.82 Å². The molecule has 1 N–H and O–H groups in total. The van der Waals surface area contributed by atoms with Crippen molar-refractivity contribution in [3.8, 4) is 0 Å². The van der Waals surface area contributed by atoms with Crippen LogP contribution in [0.5, 0.6) is 0 Å². The van der Waals surface area contributed by atoms with Gasteiger partial charge in [0.15, 0.2) is 0 Å². The molecule has 6 heteroatoms. The second kappa shape index (κ2) is 8.88. The van der Waals surface area contributed by atoms with Gasteiger partial charge in [0.05, 0.1) is 6.20 Å². The van der Waals surface area contributed by atoms with Crippen molar-refractivity contribution in [3.05, 3.63) is 47.7 Å². The van der Waals surface area contributed by atoms with Crippen LogP contribution in [0.3, 0.4) is 0 Å². The SMILES string of the molecule is CCCCC1(N(C)C)CCC(c2[nH]c3ccc(F)cc3c2CCn2ccnn2)CC1. The fraction of sp³-hybridized carbons (Fsp3) is 0.583. The molecule has 0 atom stereocenters. The summed E-state index contributed by atoms with van der Waals surface area (Å²) in [7, 11) is 4.48. The molecule has 0 bridgehead atoms. The van der Waals surface area contributed by atoms with E-state index in [0.29, 0.717) is 11.5 Å². The average molecular weight is 412 g/mol. The van der Waals surface area contributed by atoms with E-state index in [1.165, 1.54) is 56.2 Å². The van der Waals surface area contributed by atoms with Crippen LogP contribution in [0, 0.1) is 5.82 Å². The Labute approximate surface area is 178 Å². The molecule has 1 aliphatic carbocycles. The third-order valence-corrected chi connectivity index (χ3v) is 7.23. The maximum atomic E-state index is 14.0. The molecular weight excluding hydrogens is 377 g/mol. The Morgan fingerprint density at radius 3 is 2.73 bits per heavy atom. The van der Waals surface area contributed by atoms with E-state index in [-0.39, 0.29) is 5.82 Å². The van der Waals surface area contributed by atoms with Crippen molar-refractivity contribution >= 4 is 10.9 Å². The number of aromatic nitrogens is 4.